The Morgan fingerprint density at radius 1 is 1.16 bits per heavy atom. The molecule has 5 heteroatoms. The van der Waals surface area contributed by atoms with Gasteiger partial charge >= 0.3 is 6.18 Å². The molecule has 0 radical (unpaired) electrons. The highest BCUT2D eigenvalue weighted by atomic mass is 19.4. The van der Waals surface area contributed by atoms with E-state index in [2.05, 4.69) is 0 Å². The van der Waals surface area contributed by atoms with Crippen LogP contribution in [0.4, 0.5) is 13.2 Å². The number of Topliss-reactive ketones (excluding diaryl/α,β-unsaturated/α-hetero) is 1. The zero-order valence-corrected chi connectivity index (χ0v) is 10.7. The van der Waals surface area contributed by atoms with Crippen LogP contribution in [0.3, 0.4) is 0 Å². The first kappa shape index (κ1) is 15.2. The minimum absolute atomic E-state index is 0.169. The van der Waals surface area contributed by atoms with E-state index in [1.165, 1.54) is 12.1 Å². The van der Waals surface area contributed by atoms with Gasteiger partial charge < -0.3 is 0 Å². The molecule has 1 aromatic rings. The van der Waals surface area contributed by atoms with E-state index in [1.54, 1.807) is 13.8 Å². The van der Waals surface area contributed by atoms with Gasteiger partial charge in [0.15, 0.2) is 5.78 Å². The van der Waals surface area contributed by atoms with Gasteiger partial charge in [-0.05, 0) is 24.1 Å². The molecule has 102 valence electrons. The van der Waals surface area contributed by atoms with Gasteiger partial charge in [0.25, 0.3) is 0 Å². The summed E-state index contributed by atoms with van der Waals surface area (Å²) in [5.41, 5.74) is -1.82. The fraction of sp³-hybridized carbons (Fsp3) is 0.429. The molecule has 1 aromatic carbocycles. The Balaban J connectivity index is 3.28. The first-order valence-corrected chi connectivity index (χ1v) is 5.94. The molecule has 0 aliphatic rings. The Kier molecular flexibility index (Phi) is 4.35. The van der Waals surface area contributed by atoms with Crippen molar-refractivity contribution in [1.82, 2.24) is 0 Å². The van der Waals surface area contributed by atoms with Gasteiger partial charge in [0.1, 0.15) is 5.41 Å². The summed E-state index contributed by atoms with van der Waals surface area (Å²) in [4.78, 5) is 11.9. The normalized spacial score (nSPS) is 14.5. The zero-order chi connectivity index (χ0) is 14.7. The number of ketones is 1. The largest absolute Gasteiger partial charge is 0.416 e. The summed E-state index contributed by atoms with van der Waals surface area (Å²) in [5.74, 6) is -0.280. The standard InChI is InChI=1S/C14H14F3NO/c1-3-12(19)13(4-2,9-18)10-5-7-11(8-6-10)14(15,16)17/h5-8H,3-4H2,1-2H3/t13-/m1/s1. The van der Waals surface area contributed by atoms with Gasteiger partial charge in [0.2, 0.25) is 0 Å². The summed E-state index contributed by atoms with van der Waals surface area (Å²) >= 11 is 0. The van der Waals surface area contributed by atoms with E-state index in [9.17, 15) is 23.2 Å². The van der Waals surface area contributed by atoms with Gasteiger partial charge in [0.05, 0.1) is 11.6 Å². The van der Waals surface area contributed by atoms with Gasteiger partial charge in [-0.2, -0.15) is 18.4 Å². The van der Waals surface area contributed by atoms with Crippen molar-refractivity contribution in [3.8, 4) is 6.07 Å². The molecular weight excluding hydrogens is 255 g/mol. The third kappa shape index (κ3) is 2.78. The summed E-state index contributed by atoms with van der Waals surface area (Å²) in [6, 6.07) is 6.19. The lowest BCUT2D eigenvalue weighted by Crippen LogP contribution is -2.33. The number of benzene rings is 1. The third-order valence-corrected chi connectivity index (χ3v) is 3.22. The summed E-state index contributed by atoms with van der Waals surface area (Å²) in [5, 5.41) is 9.27. The van der Waals surface area contributed by atoms with Crippen molar-refractivity contribution in [2.24, 2.45) is 0 Å². The highest BCUT2D eigenvalue weighted by Gasteiger charge is 2.38. The Morgan fingerprint density at radius 2 is 1.63 bits per heavy atom. The predicted molar refractivity (Wildman–Crippen MR) is 64.3 cm³/mol. The maximum absolute atomic E-state index is 12.5. The minimum atomic E-state index is -4.42. The number of rotatable bonds is 4. The summed E-state index contributed by atoms with van der Waals surface area (Å²) in [6.45, 7) is 3.31. The number of hydrogen-bond donors (Lipinski definition) is 0. The lowest BCUT2D eigenvalue weighted by atomic mass is 9.75. The highest BCUT2D eigenvalue weighted by Crippen LogP contribution is 2.33. The summed E-state index contributed by atoms with van der Waals surface area (Å²) in [7, 11) is 0. The van der Waals surface area contributed by atoms with Crippen LogP contribution < -0.4 is 0 Å². The van der Waals surface area contributed by atoms with Gasteiger partial charge in [-0.3, -0.25) is 4.79 Å². The van der Waals surface area contributed by atoms with Gasteiger partial charge in [-0.25, -0.2) is 0 Å². The van der Waals surface area contributed by atoms with Crippen molar-refractivity contribution < 1.29 is 18.0 Å². The predicted octanol–water partition coefficient (Wildman–Crippen LogP) is 3.86. The highest BCUT2D eigenvalue weighted by molar-refractivity contribution is 5.92. The van der Waals surface area contributed by atoms with E-state index < -0.39 is 17.2 Å². The van der Waals surface area contributed by atoms with E-state index in [4.69, 9.17) is 0 Å². The van der Waals surface area contributed by atoms with Gasteiger partial charge in [0, 0.05) is 6.42 Å². The van der Waals surface area contributed by atoms with Crippen molar-refractivity contribution in [1.29, 1.82) is 5.26 Å². The molecule has 0 unspecified atom stereocenters. The number of carbonyl (C=O) groups is 1. The van der Waals surface area contributed by atoms with E-state index in [-0.39, 0.29) is 18.6 Å². The average Bonchev–Trinajstić information content (AvgIpc) is 2.40. The fourth-order valence-corrected chi connectivity index (χ4v) is 2.01. The Hall–Kier alpha value is -1.83. The second kappa shape index (κ2) is 5.43. The monoisotopic (exact) mass is 269 g/mol. The second-order valence-electron chi connectivity index (χ2n) is 4.22. The number of nitrogens with zero attached hydrogens (tertiary/aromatic N) is 1. The molecule has 0 N–H and O–H groups in total. The van der Waals surface area contributed by atoms with Crippen LogP contribution in [0, 0.1) is 11.3 Å². The molecule has 0 aromatic heterocycles. The zero-order valence-electron chi connectivity index (χ0n) is 10.7. The Morgan fingerprint density at radius 3 is 1.95 bits per heavy atom. The molecule has 0 saturated carbocycles. The molecule has 0 amide bonds. The third-order valence-electron chi connectivity index (χ3n) is 3.22. The van der Waals surface area contributed by atoms with Crippen LogP contribution >= 0.6 is 0 Å². The van der Waals surface area contributed by atoms with Crippen LogP contribution in [-0.4, -0.2) is 5.78 Å². The molecule has 0 bridgehead atoms. The molecule has 1 rings (SSSR count). The molecular formula is C14H14F3NO. The number of carbonyl (C=O) groups excluding carboxylic acids is 1. The van der Waals surface area contributed by atoms with Crippen LogP contribution in [0.15, 0.2) is 24.3 Å². The van der Waals surface area contributed by atoms with E-state index in [0.717, 1.165) is 12.1 Å². The van der Waals surface area contributed by atoms with Crippen LogP contribution in [-0.2, 0) is 16.4 Å². The molecule has 0 saturated heterocycles. The Bertz CT molecular complexity index is 499. The van der Waals surface area contributed by atoms with Crippen molar-refractivity contribution in [2.75, 3.05) is 0 Å². The smallest absolute Gasteiger partial charge is 0.298 e. The quantitative estimate of drug-likeness (QED) is 0.832. The topological polar surface area (TPSA) is 40.9 Å². The number of halogens is 3. The lowest BCUT2D eigenvalue weighted by molar-refractivity contribution is -0.137. The molecule has 0 aliphatic heterocycles. The summed E-state index contributed by atoms with van der Waals surface area (Å²) < 4.78 is 37.4. The Labute approximate surface area is 109 Å². The molecule has 1 atom stereocenters. The number of nitriles is 1. The van der Waals surface area contributed by atoms with Gasteiger partial charge in [-0.15, -0.1) is 0 Å². The van der Waals surface area contributed by atoms with Crippen molar-refractivity contribution in [3.63, 3.8) is 0 Å². The maximum Gasteiger partial charge on any atom is 0.416 e. The molecule has 0 heterocycles. The van der Waals surface area contributed by atoms with Crippen LogP contribution in [0.1, 0.15) is 37.8 Å². The van der Waals surface area contributed by atoms with Crippen LogP contribution in [0.2, 0.25) is 0 Å². The van der Waals surface area contributed by atoms with E-state index >= 15 is 0 Å². The van der Waals surface area contributed by atoms with E-state index in [1.807, 2.05) is 6.07 Å². The van der Waals surface area contributed by atoms with Crippen LogP contribution in [0.5, 0.6) is 0 Å². The summed E-state index contributed by atoms with van der Waals surface area (Å²) in [6.07, 6.45) is -4.02. The van der Waals surface area contributed by atoms with Crippen molar-refractivity contribution >= 4 is 5.78 Å². The SMILES string of the molecule is CCC(=O)[C@@](C#N)(CC)c1ccc(C(F)(F)F)cc1. The first-order chi connectivity index (χ1) is 8.81. The average molecular weight is 269 g/mol. The van der Waals surface area contributed by atoms with E-state index in [0.29, 0.717) is 5.56 Å². The number of alkyl halides is 3. The fourth-order valence-electron chi connectivity index (χ4n) is 2.01. The molecule has 0 fully saturated rings. The van der Waals surface area contributed by atoms with Gasteiger partial charge in [-0.1, -0.05) is 26.0 Å². The first-order valence-electron chi connectivity index (χ1n) is 5.94. The second-order valence-corrected chi connectivity index (χ2v) is 4.22. The number of hydrogen-bond acceptors (Lipinski definition) is 2. The lowest BCUT2D eigenvalue weighted by Gasteiger charge is -2.24. The van der Waals surface area contributed by atoms with Crippen molar-refractivity contribution in [2.45, 2.75) is 38.3 Å². The van der Waals surface area contributed by atoms with Crippen molar-refractivity contribution in [3.05, 3.63) is 35.4 Å². The minimum Gasteiger partial charge on any atom is -0.298 e. The molecule has 0 aliphatic carbocycles. The van der Waals surface area contributed by atoms with Crippen LogP contribution in [0.25, 0.3) is 0 Å². The molecule has 19 heavy (non-hydrogen) atoms. The maximum atomic E-state index is 12.5. The molecule has 2 nitrogen and oxygen atoms in total. The molecule has 0 spiro atoms.